The fourth-order valence-corrected chi connectivity index (χ4v) is 3.54. The lowest BCUT2D eigenvalue weighted by atomic mass is 9.87. The van der Waals surface area contributed by atoms with Gasteiger partial charge in [-0.2, -0.15) is 0 Å². The molecule has 5 heteroatoms. The van der Waals surface area contributed by atoms with Crippen LogP contribution < -0.4 is 10.1 Å². The summed E-state index contributed by atoms with van der Waals surface area (Å²) in [6, 6.07) is 16.4. The van der Waals surface area contributed by atoms with Crippen molar-refractivity contribution in [2.75, 3.05) is 26.9 Å². The van der Waals surface area contributed by atoms with Crippen LogP contribution in [-0.4, -0.2) is 37.3 Å². The highest BCUT2D eigenvalue weighted by Crippen LogP contribution is 2.30. The Morgan fingerprint density at radius 3 is 2.55 bits per heavy atom. The molecule has 0 unspecified atom stereocenters. The largest absolute Gasteiger partial charge is 0.489 e. The van der Waals surface area contributed by atoms with E-state index in [4.69, 9.17) is 9.47 Å². The first-order valence-corrected chi connectivity index (χ1v) is 10.6. The molecule has 1 N–H and O–H groups in total. The van der Waals surface area contributed by atoms with Gasteiger partial charge in [-0.15, -0.1) is 0 Å². The van der Waals surface area contributed by atoms with E-state index in [9.17, 15) is 4.79 Å². The molecule has 0 radical (unpaired) electrons. The van der Waals surface area contributed by atoms with E-state index in [-0.39, 0.29) is 11.3 Å². The van der Waals surface area contributed by atoms with Crippen LogP contribution in [0, 0.1) is 0 Å². The third kappa shape index (κ3) is 5.36. The van der Waals surface area contributed by atoms with Gasteiger partial charge in [0.15, 0.2) is 0 Å². The Morgan fingerprint density at radius 2 is 1.90 bits per heavy atom. The summed E-state index contributed by atoms with van der Waals surface area (Å²) in [6.45, 7) is 12.3. The summed E-state index contributed by atoms with van der Waals surface area (Å²) in [7, 11) is 1.62. The van der Waals surface area contributed by atoms with Gasteiger partial charge in [-0.25, -0.2) is 0 Å². The Bertz CT molecular complexity index is 1040. The van der Waals surface area contributed by atoms with Crippen molar-refractivity contribution in [2.24, 2.45) is 0 Å². The van der Waals surface area contributed by atoms with Crippen LogP contribution in [0.25, 0.3) is 10.9 Å². The number of aromatic nitrogens is 1. The Hall–Kier alpha value is -3.05. The van der Waals surface area contributed by atoms with E-state index < -0.39 is 0 Å². The molecule has 3 rings (SSSR count). The van der Waals surface area contributed by atoms with Gasteiger partial charge in [0.1, 0.15) is 18.1 Å². The Labute approximate surface area is 184 Å². The molecule has 0 aliphatic heterocycles. The second kappa shape index (κ2) is 9.84. The summed E-state index contributed by atoms with van der Waals surface area (Å²) >= 11 is 0. The molecular formula is C26H32N2O3. The number of nitrogens with zero attached hydrogens (tertiary/aromatic N) is 1. The van der Waals surface area contributed by atoms with Crippen LogP contribution in [0.5, 0.6) is 5.75 Å². The molecule has 0 aliphatic carbocycles. The van der Waals surface area contributed by atoms with Crippen molar-refractivity contribution in [3.05, 3.63) is 78.0 Å². The maximum atomic E-state index is 13.0. The van der Waals surface area contributed by atoms with Crippen LogP contribution in [0.1, 0.15) is 42.4 Å². The van der Waals surface area contributed by atoms with E-state index >= 15 is 0 Å². The summed E-state index contributed by atoms with van der Waals surface area (Å²) in [5.74, 6) is 0.611. The fourth-order valence-electron chi connectivity index (χ4n) is 3.54. The minimum Gasteiger partial charge on any atom is -0.489 e. The van der Waals surface area contributed by atoms with Crippen molar-refractivity contribution < 1.29 is 14.3 Å². The van der Waals surface area contributed by atoms with Crippen LogP contribution >= 0.6 is 0 Å². The number of carbonyl (C=O) groups excluding carboxylic acids is 1. The van der Waals surface area contributed by atoms with Gasteiger partial charge >= 0.3 is 0 Å². The molecule has 0 fully saturated rings. The lowest BCUT2D eigenvalue weighted by Gasteiger charge is -2.19. The fraction of sp³-hybridized carbons (Fsp3) is 0.346. The molecule has 1 aromatic heterocycles. The Balaban J connectivity index is 2.01. The topological polar surface area (TPSA) is 52.5 Å². The van der Waals surface area contributed by atoms with E-state index in [1.807, 2.05) is 28.8 Å². The molecule has 2 aromatic carbocycles. The lowest BCUT2D eigenvalue weighted by molar-refractivity contribution is 0.0928. The molecule has 1 heterocycles. The average Bonchev–Trinajstić information content (AvgIpc) is 3.11. The molecular weight excluding hydrogens is 388 g/mol. The number of hydrogen-bond acceptors (Lipinski definition) is 3. The highest BCUT2D eigenvalue weighted by molar-refractivity contribution is 6.00. The smallest absolute Gasteiger partial charge is 0.268 e. The Morgan fingerprint density at radius 1 is 1.16 bits per heavy atom. The maximum Gasteiger partial charge on any atom is 0.268 e. The van der Waals surface area contributed by atoms with Crippen LogP contribution in [-0.2, 0) is 16.7 Å². The number of rotatable bonds is 9. The van der Waals surface area contributed by atoms with E-state index in [2.05, 4.69) is 56.9 Å². The third-order valence-corrected chi connectivity index (χ3v) is 5.25. The molecule has 0 atom stereocenters. The minimum absolute atomic E-state index is 0.0997. The van der Waals surface area contributed by atoms with E-state index in [1.54, 1.807) is 13.2 Å². The van der Waals surface area contributed by atoms with Crippen molar-refractivity contribution in [3.63, 3.8) is 0 Å². The first kappa shape index (κ1) is 22.6. The number of hydrogen-bond donors (Lipinski definition) is 1. The van der Waals surface area contributed by atoms with E-state index in [0.29, 0.717) is 32.0 Å². The molecule has 31 heavy (non-hydrogen) atoms. The van der Waals surface area contributed by atoms with Gasteiger partial charge < -0.3 is 19.4 Å². The summed E-state index contributed by atoms with van der Waals surface area (Å²) in [6.07, 6.45) is 1.71. The predicted octanol–water partition coefficient (Wildman–Crippen LogP) is 4.93. The molecule has 1 amide bonds. The van der Waals surface area contributed by atoms with E-state index in [0.717, 1.165) is 22.2 Å². The predicted molar refractivity (Wildman–Crippen MR) is 126 cm³/mol. The number of ether oxygens (including phenoxy) is 2. The van der Waals surface area contributed by atoms with Crippen LogP contribution in [0.2, 0.25) is 0 Å². The van der Waals surface area contributed by atoms with Gasteiger partial charge in [-0.1, -0.05) is 63.8 Å². The number of benzene rings is 2. The van der Waals surface area contributed by atoms with Crippen molar-refractivity contribution in [1.29, 1.82) is 0 Å². The summed E-state index contributed by atoms with van der Waals surface area (Å²) in [4.78, 5) is 13.0. The highest BCUT2D eigenvalue weighted by atomic mass is 16.5. The van der Waals surface area contributed by atoms with Gasteiger partial charge in [0, 0.05) is 25.6 Å². The molecule has 0 saturated carbocycles. The highest BCUT2D eigenvalue weighted by Gasteiger charge is 2.19. The van der Waals surface area contributed by atoms with Gasteiger partial charge in [-0.05, 0) is 34.7 Å². The summed E-state index contributed by atoms with van der Waals surface area (Å²) < 4.78 is 12.9. The second-order valence-electron chi connectivity index (χ2n) is 8.60. The number of carbonyl (C=O) groups is 1. The monoisotopic (exact) mass is 420 g/mol. The summed E-state index contributed by atoms with van der Waals surface area (Å²) in [5.41, 5.74) is 4.07. The number of methoxy groups -OCH3 is 1. The van der Waals surface area contributed by atoms with Gasteiger partial charge in [0.2, 0.25) is 0 Å². The van der Waals surface area contributed by atoms with Gasteiger partial charge in [-0.3, -0.25) is 4.79 Å². The first-order chi connectivity index (χ1) is 14.8. The molecule has 0 aliphatic rings. The average molecular weight is 421 g/mol. The van der Waals surface area contributed by atoms with E-state index in [1.165, 1.54) is 5.56 Å². The zero-order valence-electron chi connectivity index (χ0n) is 18.9. The van der Waals surface area contributed by atoms with Crippen molar-refractivity contribution >= 4 is 16.8 Å². The number of nitrogens with one attached hydrogen (secondary N) is 1. The zero-order valence-corrected chi connectivity index (χ0v) is 18.9. The lowest BCUT2D eigenvalue weighted by Crippen LogP contribution is -2.29. The third-order valence-electron chi connectivity index (χ3n) is 5.25. The molecule has 164 valence electrons. The zero-order chi connectivity index (χ0) is 22.4. The Kier molecular flexibility index (Phi) is 7.18. The molecule has 0 saturated heterocycles. The normalized spacial score (nSPS) is 11.5. The first-order valence-electron chi connectivity index (χ1n) is 10.6. The van der Waals surface area contributed by atoms with Crippen molar-refractivity contribution in [3.8, 4) is 5.75 Å². The second-order valence-corrected chi connectivity index (χ2v) is 8.60. The van der Waals surface area contributed by atoms with Gasteiger partial charge in [0.05, 0.1) is 12.1 Å². The van der Waals surface area contributed by atoms with Crippen molar-refractivity contribution in [1.82, 2.24) is 9.88 Å². The minimum atomic E-state index is -0.130. The van der Waals surface area contributed by atoms with Gasteiger partial charge in [0.25, 0.3) is 5.91 Å². The summed E-state index contributed by atoms with van der Waals surface area (Å²) in [5, 5.41) is 3.85. The van der Waals surface area contributed by atoms with Crippen molar-refractivity contribution in [2.45, 2.75) is 32.7 Å². The maximum absolute atomic E-state index is 13.0. The quantitative estimate of drug-likeness (QED) is 0.395. The number of fused-ring (bicyclic) bond motifs is 1. The van der Waals surface area contributed by atoms with Crippen LogP contribution in [0.15, 0.2) is 61.2 Å². The SMILES string of the molecule is C=CCOc1cccc2c1cc(C(=O)NCCOC)n2Cc1ccc(C(C)(C)C)cc1. The molecule has 0 bridgehead atoms. The van der Waals surface area contributed by atoms with Crippen LogP contribution in [0.3, 0.4) is 0 Å². The van der Waals surface area contributed by atoms with Crippen LogP contribution in [0.4, 0.5) is 0 Å². The standard InChI is InChI=1S/C26H32N2O3/c1-6-15-31-24-9-7-8-22-21(24)17-23(25(29)27-14-16-30-5)28(22)18-19-10-12-20(13-11-19)26(2,3)4/h6-13,17H,1,14-16,18H2,2-5H3,(H,27,29). The molecule has 5 nitrogen and oxygen atoms in total. The molecule has 0 spiro atoms. The number of amides is 1. The molecule has 3 aromatic rings.